The van der Waals surface area contributed by atoms with Gasteiger partial charge in [-0.05, 0) is 12.1 Å². The van der Waals surface area contributed by atoms with E-state index in [2.05, 4.69) is 4.98 Å². The van der Waals surface area contributed by atoms with Crippen LogP contribution in [0.2, 0.25) is 0 Å². The highest BCUT2D eigenvalue weighted by atomic mass is 16.6. The predicted octanol–water partition coefficient (Wildman–Crippen LogP) is 2.30. The second-order valence-electron chi connectivity index (χ2n) is 3.89. The smallest absolute Gasteiger partial charge is 0.299 e. The van der Waals surface area contributed by atoms with E-state index in [4.69, 9.17) is 0 Å². The lowest BCUT2D eigenvalue weighted by molar-refractivity contribution is -0.393. The normalized spacial score (nSPS) is 10.9. The van der Waals surface area contributed by atoms with Gasteiger partial charge in [0.15, 0.2) is 5.52 Å². The highest BCUT2D eigenvalue weighted by Crippen LogP contribution is 2.30. The van der Waals surface area contributed by atoms with Crippen molar-refractivity contribution < 1.29 is 9.85 Å². The van der Waals surface area contributed by atoms with E-state index in [0.29, 0.717) is 11.2 Å². The minimum absolute atomic E-state index is 0.141. The van der Waals surface area contributed by atoms with Crippen molar-refractivity contribution in [2.75, 3.05) is 0 Å². The van der Waals surface area contributed by atoms with Gasteiger partial charge in [-0.25, -0.2) is 4.98 Å². The molecule has 0 aliphatic rings. The molecule has 94 valence electrons. The first-order valence-corrected chi connectivity index (χ1v) is 5.27. The summed E-state index contributed by atoms with van der Waals surface area (Å²) in [5.41, 5.74) is 0.289. The van der Waals surface area contributed by atoms with Crippen LogP contribution in [0, 0.1) is 20.2 Å². The number of rotatable bonds is 2. The van der Waals surface area contributed by atoms with Gasteiger partial charge in [-0.3, -0.25) is 24.6 Å². The molecule has 2 aromatic heterocycles. The number of nitro benzene ring substituents is 2. The summed E-state index contributed by atoms with van der Waals surface area (Å²) >= 11 is 0. The molecule has 3 rings (SSSR count). The fraction of sp³-hybridized carbons (Fsp3) is 0. The molecule has 1 aromatic carbocycles. The number of nitro groups is 2. The summed E-state index contributed by atoms with van der Waals surface area (Å²) in [7, 11) is 0. The number of imidazole rings is 1. The lowest BCUT2D eigenvalue weighted by Crippen LogP contribution is -1.94. The Bertz CT molecular complexity index is 839. The van der Waals surface area contributed by atoms with Gasteiger partial charge in [-0.2, -0.15) is 0 Å². The Balaban J connectivity index is 2.52. The number of pyridine rings is 1. The van der Waals surface area contributed by atoms with E-state index in [-0.39, 0.29) is 16.9 Å². The Kier molecular flexibility index (Phi) is 2.18. The molecule has 19 heavy (non-hydrogen) atoms. The van der Waals surface area contributed by atoms with Gasteiger partial charge in [0.1, 0.15) is 5.65 Å². The lowest BCUT2D eigenvalue weighted by Gasteiger charge is -1.96. The monoisotopic (exact) mass is 258 g/mol. The molecule has 3 aromatic rings. The molecule has 0 radical (unpaired) electrons. The van der Waals surface area contributed by atoms with Crippen molar-refractivity contribution >= 4 is 28.1 Å². The zero-order valence-corrected chi connectivity index (χ0v) is 9.39. The third kappa shape index (κ3) is 1.58. The van der Waals surface area contributed by atoms with E-state index in [1.165, 1.54) is 6.07 Å². The number of non-ortho nitro benzene ring substituents is 2. The summed E-state index contributed by atoms with van der Waals surface area (Å²) < 4.78 is 1.58. The van der Waals surface area contributed by atoms with E-state index in [9.17, 15) is 20.2 Å². The molecule has 8 heteroatoms. The van der Waals surface area contributed by atoms with Gasteiger partial charge >= 0.3 is 5.69 Å². The molecule has 0 amide bonds. The minimum Gasteiger partial charge on any atom is -0.299 e. The maximum absolute atomic E-state index is 11.0. The van der Waals surface area contributed by atoms with Gasteiger partial charge in [0.05, 0.1) is 21.4 Å². The van der Waals surface area contributed by atoms with Crippen LogP contribution in [-0.2, 0) is 0 Å². The lowest BCUT2D eigenvalue weighted by atomic mass is 10.2. The molecule has 0 bridgehead atoms. The van der Waals surface area contributed by atoms with Crippen molar-refractivity contribution in [3.8, 4) is 0 Å². The molecular weight excluding hydrogens is 252 g/mol. The van der Waals surface area contributed by atoms with E-state index in [1.807, 2.05) is 0 Å². The van der Waals surface area contributed by atoms with Crippen LogP contribution in [-0.4, -0.2) is 19.2 Å². The standard InChI is InChI=1S/C11H6N4O4/c16-14(17)7-5-8-11(9(6-7)15(18)19)12-10-3-1-2-4-13(8)10/h1-6H. The molecular formula is C11H6N4O4. The Morgan fingerprint density at radius 2 is 1.89 bits per heavy atom. The van der Waals surface area contributed by atoms with Gasteiger partial charge in [-0.1, -0.05) is 6.07 Å². The molecule has 0 fully saturated rings. The molecule has 0 saturated carbocycles. The van der Waals surface area contributed by atoms with Crippen molar-refractivity contribution in [1.82, 2.24) is 9.38 Å². The van der Waals surface area contributed by atoms with Crippen molar-refractivity contribution in [3.05, 3.63) is 56.8 Å². The predicted molar refractivity (Wildman–Crippen MR) is 66.0 cm³/mol. The number of hydrogen-bond donors (Lipinski definition) is 0. The van der Waals surface area contributed by atoms with E-state index >= 15 is 0 Å². The number of hydrogen-bond acceptors (Lipinski definition) is 5. The fourth-order valence-corrected chi connectivity index (χ4v) is 1.98. The van der Waals surface area contributed by atoms with Crippen LogP contribution >= 0.6 is 0 Å². The minimum atomic E-state index is -0.665. The summed E-state index contributed by atoms with van der Waals surface area (Å²) in [5.74, 6) is 0. The average Bonchev–Trinajstić information content (AvgIpc) is 2.75. The molecule has 0 spiro atoms. The van der Waals surface area contributed by atoms with Crippen LogP contribution in [0.5, 0.6) is 0 Å². The van der Waals surface area contributed by atoms with Crippen LogP contribution in [0.3, 0.4) is 0 Å². The number of aromatic nitrogens is 2. The first-order valence-electron chi connectivity index (χ1n) is 5.27. The zero-order chi connectivity index (χ0) is 13.6. The van der Waals surface area contributed by atoms with Gasteiger partial charge in [0, 0.05) is 12.3 Å². The van der Waals surface area contributed by atoms with Crippen LogP contribution in [0.4, 0.5) is 11.4 Å². The Morgan fingerprint density at radius 1 is 1.11 bits per heavy atom. The van der Waals surface area contributed by atoms with Crippen molar-refractivity contribution in [2.45, 2.75) is 0 Å². The maximum atomic E-state index is 11.0. The third-order valence-electron chi connectivity index (χ3n) is 2.79. The summed E-state index contributed by atoms with van der Waals surface area (Å²) in [6, 6.07) is 7.34. The molecule has 2 heterocycles. The van der Waals surface area contributed by atoms with Crippen molar-refractivity contribution in [2.24, 2.45) is 0 Å². The first-order chi connectivity index (χ1) is 9.08. The topological polar surface area (TPSA) is 104 Å². The molecule has 0 aliphatic carbocycles. The molecule has 0 aliphatic heterocycles. The van der Waals surface area contributed by atoms with Crippen LogP contribution in [0.1, 0.15) is 0 Å². The average molecular weight is 258 g/mol. The van der Waals surface area contributed by atoms with Gasteiger partial charge in [0.25, 0.3) is 5.69 Å². The van der Waals surface area contributed by atoms with E-state index in [0.717, 1.165) is 6.07 Å². The van der Waals surface area contributed by atoms with Gasteiger partial charge < -0.3 is 0 Å². The van der Waals surface area contributed by atoms with Crippen LogP contribution < -0.4 is 0 Å². The third-order valence-corrected chi connectivity index (χ3v) is 2.79. The summed E-state index contributed by atoms with van der Waals surface area (Å²) in [5, 5.41) is 21.8. The molecule has 0 unspecified atom stereocenters. The maximum Gasteiger partial charge on any atom is 0.303 e. The SMILES string of the molecule is O=[N+]([O-])c1cc([N+](=O)[O-])c2nc3ccccn3c2c1. The second kappa shape index (κ2) is 3.73. The zero-order valence-electron chi connectivity index (χ0n) is 9.39. The molecule has 8 nitrogen and oxygen atoms in total. The van der Waals surface area contributed by atoms with E-state index in [1.54, 1.807) is 28.8 Å². The first kappa shape index (κ1) is 11.1. The van der Waals surface area contributed by atoms with Crippen LogP contribution in [0.25, 0.3) is 16.7 Å². The summed E-state index contributed by atoms with van der Waals surface area (Å²) in [6.45, 7) is 0. The largest absolute Gasteiger partial charge is 0.303 e. The quantitative estimate of drug-likeness (QED) is 0.518. The van der Waals surface area contributed by atoms with Crippen molar-refractivity contribution in [1.29, 1.82) is 0 Å². The van der Waals surface area contributed by atoms with Crippen molar-refractivity contribution in [3.63, 3.8) is 0 Å². The van der Waals surface area contributed by atoms with E-state index < -0.39 is 9.85 Å². The van der Waals surface area contributed by atoms with Gasteiger partial charge in [0.2, 0.25) is 0 Å². The summed E-state index contributed by atoms with van der Waals surface area (Å²) in [6.07, 6.45) is 1.65. The molecule has 0 N–H and O–H groups in total. The van der Waals surface area contributed by atoms with Crippen LogP contribution in [0.15, 0.2) is 36.5 Å². The number of benzene rings is 1. The highest BCUT2D eigenvalue weighted by molar-refractivity contribution is 5.90. The Hall–Kier alpha value is -3.03. The summed E-state index contributed by atoms with van der Waals surface area (Å²) in [4.78, 5) is 24.6. The second-order valence-corrected chi connectivity index (χ2v) is 3.89. The highest BCUT2D eigenvalue weighted by Gasteiger charge is 2.22. The number of nitrogens with zero attached hydrogens (tertiary/aromatic N) is 4. The molecule has 0 atom stereocenters. The van der Waals surface area contributed by atoms with Gasteiger partial charge in [-0.15, -0.1) is 0 Å². The fourth-order valence-electron chi connectivity index (χ4n) is 1.98. The Morgan fingerprint density at radius 3 is 2.58 bits per heavy atom. The number of fused-ring (bicyclic) bond motifs is 3. The Labute approximate surface area is 105 Å². The molecule has 0 saturated heterocycles.